The second kappa shape index (κ2) is 8.65. The SMILES string of the molecule is COC(=O)C(Cc1ccc(N)cc1)NC(=O)CN1CCN(C)CC1. The third kappa shape index (κ3) is 5.50. The highest BCUT2D eigenvalue weighted by Crippen LogP contribution is 2.09. The summed E-state index contributed by atoms with van der Waals surface area (Å²) in [5.74, 6) is -0.607. The number of carbonyl (C=O) groups excluding carboxylic acids is 2. The summed E-state index contributed by atoms with van der Waals surface area (Å²) in [7, 11) is 3.39. The van der Waals surface area contributed by atoms with Gasteiger partial charge in [-0.2, -0.15) is 0 Å². The number of likely N-dealkylation sites (N-methyl/N-ethyl adjacent to an activating group) is 1. The summed E-state index contributed by atoms with van der Waals surface area (Å²) in [6.07, 6.45) is 0.376. The van der Waals surface area contributed by atoms with Crippen molar-refractivity contribution in [1.82, 2.24) is 15.1 Å². The molecule has 1 aliphatic heterocycles. The van der Waals surface area contributed by atoms with Crippen LogP contribution in [-0.4, -0.2) is 74.6 Å². The zero-order chi connectivity index (χ0) is 17.5. The molecule has 1 aromatic carbocycles. The van der Waals surface area contributed by atoms with E-state index in [-0.39, 0.29) is 5.91 Å². The topological polar surface area (TPSA) is 87.9 Å². The van der Waals surface area contributed by atoms with Crippen molar-refractivity contribution in [2.45, 2.75) is 12.5 Å². The van der Waals surface area contributed by atoms with Gasteiger partial charge >= 0.3 is 5.97 Å². The van der Waals surface area contributed by atoms with E-state index in [1.807, 2.05) is 12.1 Å². The molecule has 7 heteroatoms. The number of anilines is 1. The van der Waals surface area contributed by atoms with Gasteiger partial charge in [-0.25, -0.2) is 4.79 Å². The number of rotatable bonds is 6. The van der Waals surface area contributed by atoms with Crippen molar-refractivity contribution in [2.24, 2.45) is 0 Å². The van der Waals surface area contributed by atoms with Gasteiger partial charge in [-0.3, -0.25) is 9.69 Å². The standard InChI is InChI=1S/C17H26N4O3/c1-20-7-9-21(10-8-20)12-16(22)19-15(17(23)24-2)11-13-3-5-14(18)6-4-13/h3-6,15H,7-12,18H2,1-2H3,(H,19,22). The lowest BCUT2D eigenvalue weighted by atomic mass is 10.1. The Labute approximate surface area is 142 Å². The Balaban J connectivity index is 1.91. The van der Waals surface area contributed by atoms with Crippen molar-refractivity contribution >= 4 is 17.6 Å². The molecule has 0 saturated carbocycles. The van der Waals surface area contributed by atoms with E-state index in [9.17, 15) is 9.59 Å². The Morgan fingerprint density at radius 3 is 2.42 bits per heavy atom. The van der Waals surface area contributed by atoms with Gasteiger partial charge in [0.15, 0.2) is 0 Å². The maximum atomic E-state index is 12.3. The fourth-order valence-electron chi connectivity index (χ4n) is 2.67. The lowest BCUT2D eigenvalue weighted by Gasteiger charge is -2.32. The molecule has 1 heterocycles. The second-order valence-electron chi connectivity index (χ2n) is 6.17. The normalized spacial score (nSPS) is 17.2. The van der Waals surface area contributed by atoms with Crippen LogP contribution >= 0.6 is 0 Å². The van der Waals surface area contributed by atoms with Crippen molar-refractivity contribution < 1.29 is 14.3 Å². The van der Waals surface area contributed by atoms with Crippen LogP contribution in [0.15, 0.2) is 24.3 Å². The van der Waals surface area contributed by atoms with Gasteiger partial charge in [-0.05, 0) is 24.7 Å². The van der Waals surface area contributed by atoms with Crippen LogP contribution < -0.4 is 11.1 Å². The molecule has 2 rings (SSSR count). The lowest BCUT2D eigenvalue weighted by molar-refractivity contribution is -0.145. The van der Waals surface area contributed by atoms with E-state index in [1.54, 1.807) is 12.1 Å². The summed E-state index contributed by atoms with van der Waals surface area (Å²) in [6, 6.07) is 6.54. The average molecular weight is 334 g/mol. The molecule has 132 valence electrons. The number of piperazine rings is 1. The van der Waals surface area contributed by atoms with Gasteiger partial charge in [0, 0.05) is 38.3 Å². The van der Waals surface area contributed by atoms with Gasteiger partial charge in [0.05, 0.1) is 13.7 Å². The molecule has 7 nitrogen and oxygen atoms in total. The Bertz CT molecular complexity index is 553. The molecule has 1 saturated heterocycles. The third-order valence-electron chi connectivity index (χ3n) is 4.20. The summed E-state index contributed by atoms with van der Waals surface area (Å²) in [4.78, 5) is 28.6. The second-order valence-corrected chi connectivity index (χ2v) is 6.17. The molecule has 1 unspecified atom stereocenters. The fourth-order valence-corrected chi connectivity index (χ4v) is 2.67. The molecule has 1 fully saturated rings. The largest absolute Gasteiger partial charge is 0.467 e. The highest BCUT2D eigenvalue weighted by Gasteiger charge is 2.24. The molecule has 1 aliphatic rings. The first-order valence-electron chi connectivity index (χ1n) is 8.10. The quantitative estimate of drug-likeness (QED) is 0.549. The van der Waals surface area contributed by atoms with Crippen molar-refractivity contribution in [3.05, 3.63) is 29.8 Å². The summed E-state index contributed by atoms with van der Waals surface area (Å²) < 4.78 is 4.81. The van der Waals surface area contributed by atoms with Gasteiger partial charge in [0.2, 0.25) is 5.91 Å². The van der Waals surface area contributed by atoms with Crippen molar-refractivity contribution in [1.29, 1.82) is 0 Å². The van der Waals surface area contributed by atoms with Gasteiger partial charge in [0.1, 0.15) is 6.04 Å². The molecule has 1 amide bonds. The fraction of sp³-hybridized carbons (Fsp3) is 0.529. The molecule has 0 aliphatic carbocycles. The summed E-state index contributed by atoms with van der Waals surface area (Å²) in [5.41, 5.74) is 7.24. The van der Waals surface area contributed by atoms with Crippen LogP contribution in [-0.2, 0) is 20.7 Å². The number of esters is 1. The van der Waals surface area contributed by atoms with Crippen LogP contribution in [0.5, 0.6) is 0 Å². The van der Waals surface area contributed by atoms with E-state index in [0.29, 0.717) is 18.7 Å². The van der Waals surface area contributed by atoms with E-state index in [0.717, 1.165) is 31.7 Å². The zero-order valence-electron chi connectivity index (χ0n) is 14.3. The Morgan fingerprint density at radius 2 is 1.83 bits per heavy atom. The number of nitrogen functional groups attached to an aromatic ring is 1. The van der Waals surface area contributed by atoms with Crippen LogP contribution in [0.3, 0.4) is 0 Å². The van der Waals surface area contributed by atoms with Gasteiger partial charge in [-0.15, -0.1) is 0 Å². The molecule has 3 N–H and O–H groups in total. The van der Waals surface area contributed by atoms with E-state index < -0.39 is 12.0 Å². The number of nitrogens with zero attached hydrogens (tertiary/aromatic N) is 2. The van der Waals surface area contributed by atoms with Crippen LogP contribution in [0.25, 0.3) is 0 Å². The van der Waals surface area contributed by atoms with Gasteiger partial charge in [-0.1, -0.05) is 12.1 Å². The Hall–Kier alpha value is -2.12. The van der Waals surface area contributed by atoms with E-state index >= 15 is 0 Å². The minimum absolute atomic E-state index is 0.162. The number of amides is 1. The highest BCUT2D eigenvalue weighted by molar-refractivity contribution is 5.85. The molecule has 0 bridgehead atoms. The average Bonchev–Trinajstić information content (AvgIpc) is 2.57. The summed E-state index contributed by atoms with van der Waals surface area (Å²) in [6.45, 7) is 3.89. The van der Waals surface area contributed by atoms with Crippen LogP contribution in [0, 0.1) is 0 Å². The number of carbonyl (C=O) groups is 2. The molecule has 0 spiro atoms. The van der Waals surface area contributed by atoms with Crippen molar-refractivity contribution in [3.63, 3.8) is 0 Å². The number of hydrogen-bond acceptors (Lipinski definition) is 6. The van der Waals surface area contributed by atoms with E-state index in [2.05, 4.69) is 22.2 Å². The van der Waals surface area contributed by atoms with Gasteiger partial charge < -0.3 is 20.7 Å². The first kappa shape index (κ1) is 18.2. The van der Waals surface area contributed by atoms with Crippen LogP contribution in [0.4, 0.5) is 5.69 Å². The van der Waals surface area contributed by atoms with E-state index in [1.165, 1.54) is 7.11 Å². The molecular formula is C17H26N4O3. The number of benzene rings is 1. The predicted molar refractivity (Wildman–Crippen MR) is 92.4 cm³/mol. The van der Waals surface area contributed by atoms with Crippen molar-refractivity contribution in [2.75, 3.05) is 52.6 Å². The summed E-state index contributed by atoms with van der Waals surface area (Å²) >= 11 is 0. The van der Waals surface area contributed by atoms with Crippen LogP contribution in [0.1, 0.15) is 5.56 Å². The molecular weight excluding hydrogens is 308 g/mol. The maximum absolute atomic E-state index is 12.3. The predicted octanol–water partition coefficient (Wildman–Crippen LogP) is -0.283. The number of nitrogens with two attached hydrogens (primary N) is 1. The number of ether oxygens (including phenoxy) is 1. The summed E-state index contributed by atoms with van der Waals surface area (Å²) in [5, 5.41) is 2.79. The number of methoxy groups -OCH3 is 1. The maximum Gasteiger partial charge on any atom is 0.328 e. The lowest BCUT2D eigenvalue weighted by Crippen LogP contribution is -2.51. The smallest absolute Gasteiger partial charge is 0.328 e. The van der Waals surface area contributed by atoms with E-state index in [4.69, 9.17) is 10.5 Å². The Morgan fingerprint density at radius 1 is 1.21 bits per heavy atom. The number of hydrogen-bond donors (Lipinski definition) is 2. The minimum atomic E-state index is -0.696. The molecule has 0 aromatic heterocycles. The van der Waals surface area contributed by atoms with Gasteiger partial charge in [0.25, 0.3) is 0 Å². The zero-order valence-corrected chi connectivity index (χ0v) is 14.3. The first-order chi connectivity index (χ1) is 11.5. The molecule has 1 aromatic rings. The monoisotopic (exact) mass is 334 g/mol. The van der Waals surface area contributed by atoms with Crippen LogP contribution in [0.2, 0.25) is 0 Å². The van der Waals surface area contributed by atoms with Crippen molar-refractivity contribution in [3.8, 4) is 0 Å². The minimum Gasteiger partial charge on any atom is -0.467 e. The molecule has 0 radical (unpaired) electrons. The third-order valence-corrected chi connectivity index (χ3v) is 4.20. The first-order valence-corrected chi connectivity index (χ1v) is 8.10. The molecule has 1 atom stereocenters. The molecule has 24 heavy (non-hydrogen) atoms. The Kier molecular flexibility index (Phi) is 6.57. The number of nitrogens with one attached hydrogen (secondary N) is 1. The highest BCUT2D eigenvalue weighted by atomic mass is 16.5.